The second-order valence-corrected chi connectivity index (χ2v) is 2.98. The van der Waals surface area contributed by atoms with Gasteiger partial charge < -0.3 is 4.74 Å². The molecule has 0 saturated heterocycles. The van der Waals surface area contributed by atoms with Gasteiger partial charge >= 0.3 is 12.3 Å². The number of benzene rings is 1. The summed E-state index contributed by atoms with van der Waals surface area (Å²) in [5.74, 6) is 2.08. The summed E-state index contributed by atoms with van der Waals surface area (Å²) in [5, 5.41) is 2.23. The van der Waals surface area contributed by atoms with Crippen molar-refractivity contribution >= 4 is 11.8 Å². The first kappa shape index (κ1) is 12.9. The Labute approximate surface area is 95.6 Å². The number of alkyl halides is 3. The van der Waals surface area contributed by atoms with Crippen molar-refractivity contribution in [1.29, 1.82) is 0 Å². The van der Waals surface area contributed by atoms with Crippen LogP contribution in [-0.2, 0) is 10.9 Å². The van der Waals surface area contributed by atoms with Gasteiger partial charge in [0.1, 0.15) is 0 Å². The van der Waals surface area contributed by atoms with Crippen LogP contribution in [0.5, 0.6) is 0 Å². The Kier molecular flexibility index (Phi) is 3.99. The molecule has 1 amide bonds. The summed E-state index contributed by atoms with van der Waals surface area (Å²) in [6, 6.07) is 3.97. The molecule has 3 nitrogen and oxygen atoms in total. The standard InChI is InChI=1S/C11H8F3NO2/c1-2-7-17-10(16)15-9-5-3-8(4-6-9)11(12,13)14/h1,3-6H,7H2,(H,15,16). The maximum Gasteiger partial charge on any atom is 0.416 e. The molecule has 0 heterocycles. The average molecular weight is 243 g/mol. The van der Waals surface area contributed by atoms with Crippen LogP contribution in [0.3, 0.4) is 0 Å². The number of terminal acetylenes is 1. The third kappa shape index (κ3) is 4.07. The molecule has 0 fully saturated rings. The van der Waals surface area contributed by atoms with E-state index in [1.807, 2.05) is 0 Å². The number of ether oxygens (including phenoxy) is 1. The Morgan fingerprint density at radius 2 is 1.94 bits per heavy atom. The molecule has 0 atom stereocenters. The molecule has 0 saturated carbocycles. The summed E-state index contributed by atoms with van der Waals surface area (Å²) in [4.78, 5) is 11.0. The fourth-order valence-corrected chi connectivity index (χ4v) is 1.00. The second-order valence-electron chi connectivity index (χ2n) is 2.98. The van der Waals surface area contributed by atoms with Gasteiger partial charge in [-0.25, -0.2) is 4.79 Å². The van der Waals surface area contributed by atoms with Gasteiger partial charge in [-0.3, -0.25) is 5.32 Å². The van der Waals surface area contributed by atoms with Gasteiger partial charge in [-0.1, -0.05) is 5.92 Å². The van der Waals surface area contributed by atoms with E-state index in [-0.39, 0.29) is 12.3 Å². The number of anilines is 1. The van der Waals surface area contributed by atoms with Gasteiger partial charge in [0.15, 0.2) is 6.61 Å². The molecule has 0 aromatic heterocycles. The fraction of sp³-hybridized carbons (Fsp3) is 0.182. The van der Waals surface area contributed by atoms with E-state index in [4.69, 9.17) is 6.42 Å². The molecule has 1 rings (SSSR count). The number of halogens is 3. The predicted octanol–water partition coefficient (Wildman–Crippen LogP) is 2.89. The molecular weight excluding hydrogens is 235 g/mol. The van der Waals surface area contributed by atoms with Crippen molar-refractivity contribution in [2.75, 3.05) is 11.9 Å². The first-order valence-corrected chi connectivity index (χ1v) is 4.48. The minimum absolute atomic E-state index is 0.194. The van der Waals surface area contributed by atoms with Crippen molar-refractivity contribution in [3.8, 4) is 12.3 Å². The van der Waals surface area contributed by atoms with E-state index < -0.39 is 17.8 Å². The van der Waals surface area contributed by atoms with Gasteiger partial charge in [0.25, 0.3) is 0 Å². The minimum atomic E-state index is -4.40. The number of carbonyl (C=O) groups is 1. The number of nitrogens with one attached hydrogen (secondary N) is 1. The Balaban J connectivity index is 2.63. The summed E-state index contributed by atoms with van der Waals surface area (Å²) in [6.45, 7) is -0.202. The Morgan fingerprint density at radius 1 is 1.35 bits per heavy atom. The summed E-state index contributed by atoms with van der Waals surface area (Å²) >= 11 is 0. The highest BCUT2D eigenvalue weighted by Crippen LogP contribution is 2.29. The fourth-order valence-electron chi connectivity index (χ4n) is 1.00. The molecular formula is C11H8F3NO2. The van der Waals surface area contributed by atoms with Gasteiger partial charge in [-0.05, 0) is 24.3 Å². The second kappa shape index (κ2) is 5.25. The summed E-state index contributed by atoms with van der Waals surface area (Å²) in [6.07, 6.45) is -0.359. The van der Waals surface area contributed by atoms with E-state index in [2.05, 4.69) is 16.0 Å². The van der Waals surface area contributed by atoms with Gasteiger partial charge in [0.2, 0.25) is 0 Å². The van der Waals surface area contributed by atoms with E-state index in [1.54, 1.807) is 0 Å². The van der Waals surface area contributed by atoms with E-state index in [0.717, 1.165) is 24.3 Å². The highest BCUT2D eigenvalue weighted by Gasteiger charge is 2.29. The number of carbonyl (C=O) groups excluding carboxylic acids is 1. The van der Waals surface area contributed by atoms with Gasteiger partial charge in [0, 0.05) is 5.69 Å². The van der Waals surface area contributed by atoms with Crippen molar-refractivity contribution in [1.82, 2.24) is 0 Å². The van der Waals surface area contributed by atoms with Crippen molar-refractivity contribution in [2.45, 2.75) is 6.18 Å². The zero-order valence-electron chi connectivity index (χ0n) is 8.54. The van der Waals surface area contributed by atoms with Gasteiger partial charge in [0.05, 0.1) is 5.56 Å². The third-order valence-corrected chi connectivity index (χ3v) is 1.75. The Hall–Kier alpha value is -2.16. The lowest BCUT2D eigenvalue weighted by atomic mass is 10.2. The molecule has 6 heteroatoms. The van der Waals surface area contributed by atoms with Crippen LogP contribution in [0.1, 0.15) is 5.56 Å². The third-order valence-electron chi connectivity index (χ3n) is 1.75. The lowest BCUT2D eigenvalue weighted by Gasteiger charge is -2.08. The molecule has 0 aliphatic rings. The molecule has 90 valence electrons. The van der Waals surface area contributed by atoms with Crippen LogP contribution in [0.2, 0.25) is 0 Å². The highest BCUT2D eigenvalue weighted by molar-refractivity contribution is 5.84. The molecule has 1 N–H and O–H groups in total. The molecule has 17 heavy (non-hydrogen) atoms. The van der Waals surface area contributed by atoms with Crippen LogP contribution in [0, 0.1) is 12.3 Å². The number of amides is 1. The van der Waals surface area contributed by atoms with Crippen molar-refractivity contribution in [3.63, 3.8) is 0 Å². The van der Waals surface area contributed by atoms with E-state index in [0.29, 0.717) is 0 Å². The topological polar surface area (TPSA) is 38.3 Å². The normalized spacial score (nSPS) is 10.5. The van der Waals surface area contributed by atoms with Crippen LogP contribution in [-0.4, -0.2) is 12.7 Å². The predicted molar refractivity (Wildman–Crippen MR) is 55.2 cm³/mol. The first-order chi connectivity index (χ1) is 7.93. The van der Waals surface area contributed by atoms with Crippen LogP contribution < -0.4 is 5.32 Å². The maximum absolute atomic E-state index is 12.2. The Bertz CT molecular complexity index is 432. The molecule has 0 unspecified atom stereocenters. The highest BCUT2D eigenvalue weighted by atomic mass is 19.4. The lowest BCUT2D eigenvalue weighted by molar-refractivity contribution is -0.137. The monoisotopic (exact) mass is 243 g/mol. The average Bonchev–Trinajstić information content (AvgIpc) is 2.26. The van der Waals surface area contributed by atoms with Crippen LogP contribution >= 0.6 is 0 Å². The van der Waals surface area contributed by atoms with E-state index in [1.165, 1.54) is 0 Å². The Morgan fingerprint density at radius 3 is 2.41 bits per heavy atom. The number of hydrogen-bond donors (Lipinski definition) is 1. The quantitative estimate of drug-likeness (QED) is 0.811. The molecule has 1 aromatic carbocycles. The van der Waals surface area contributed by atoms with Gasteiger partial charge in [-0.2, -0.15) is 13.2 Å². The van der Waals surface area contributed by atoms with Crippen LogP contribution in [0.15, 0.2) is 24.3 Å². The van der Waals surface area contributed by atoms with Crippen molar-refractivity contribution in [2.24, 2.45) is 0 Å². The summed E-state index contributed by atoms with van der Waals surface area (Å²) in [7, 11) is 0. The van der Waals surface area contributed by atoms with Crippen molar-refractivity contribution < 1.29 is 22.7 Å². The summed E-state index contributed by atoms with van der Waals surface area (Å²) < 4.78 is 41.1. The molecule has 1 aromatic rings. The van der Waals surface area contributed by atoms with E-state index in [9.17, 15) is 18.0 Å². The molecule has 0 spiro atoms. The molecule has 0 aliphatic carbocycles. The van der Waals surface area contributed by atoms with E-state index >= 15 is 0 Å². The molecule has 0 bridgehead atoms. The smallest absolute Gasteiger partial charge is 0.416 e. The lowest BCUT2D eigenvalue weighted by Crippen LogP contribution is -2.14. The SMILES string of the molecule is C#CCOC(=O)Nc1ccc(C(F)(F)F)cc1. The van der Waals surface area contributed by atoms with Crippen LogP contribution in [0.25, 0.3) is 0 Å². The van der Waals surface area contributed by atoms with Crippen LogP contribution in [0.4, 0.5) is 23.7 Å². The zero-order valence-corrected chi connectivity index (χ0v) is 8.54. The first-order valence-electron chi connectivity index (χ1n) is 4.48. The minimum Gasteiger partial charge on any atom is -0.436 e. The largest absolute Gasteiger partial charge is 0.436 e. The van der Waals surface area contributed by atoms with Gasteiger partial charge in [-0.15, -0.1) is 6.42 Å². The molecule has 0 radical (unpaired) electrons. The molecule has 0 aliphatic heterocycles. The van der Waals surface area contributed by atoms with Crippen molar-refractivity contribution in [3.05, 3.63) is 29.8 Å². The summed E-state index contributed by atoms with van der Waals surface area (Å²) in [5.41, 5.74) is -0.597. The number of rotatable bonds is 2. The zero-order chi connectivity index (χ0) is 12.9. The number of hydrogen-bond acceptors (Lipinski definition) is 2. The maximum atomic E-state index is 12.2.